The van der Waals surface area contributed by atoms with E-state index in [9.17, 15) is 0 Å². The lowest BCUT2D eigenvalue weighted by Gasteiger charge is -2.05. The van der Waals surface area contributed by atoms with E-state index in [2.05, 4.69) is 48.1 Å². The highest BCUT2D eigenvalue weighted by Crippen LogP contribution is 2.16. The molecule has 0 saturated carbocycles. The fraction of sp³-hybridized carbons (Fsp3) is 0.765. The molecule has 0 aliphatic heterocycles. The van der Waals surface area contributed by atoms with Gasteiger partial charge in [0, 0.05) is 0 Å². The van der Waals surface area contributed by atoms with Crippen LogP contribution >= 0.6 is 0 Å². The van der Waals surface area contributed by atoms with Crippen molar-refractivity contribution in [3.8, 4) is 0 Å². The third kappa shape index (κ3) is 21.3. The van der Waals surface area contributed by atoms with Crippen molar-refractivity contribution in [2.45, 2.75) is 87.5 Å². The summed E-state index contributed by atoms with van der Waals surface area (Å²) in [4.78, 5) is 0. The van der Waals surface area contributed by atoms with Gasteiger partial charge in [0.15, 0.2) is 0 Å². The summed E-state index contributed by atoms with van der Waals surface area (Å²) in [7, 11) is 0. The standard InChI is InChI=1S/C10H18.C5H12.C2H6/c1-6-10(9(4)5)7-8(2)3;1-3-5-4-2;1-2/h2,6-7H2,1,3-5H3;3-5H2,1-2H3;1-2H3. The van der Waals surface area contributed by atoms with Crippen LogP contribution in [0.25, 0.3) is 0 Å². The Kier molecular flexibility index (Phi) is 22.8. The minimum Gasteiger partial charge on any atom is -0.0998 e. The summed E-state index contributed by atoms with van der Waals surface area (Å²) >= 11 is 0. The number of hydrogen-bond acceptors (Lipinski definition) is 0. The van der Waals surface area contributed by atoms with Gasteiger partial charge in [-0.1, -0.05) is 77.2 Å². The second-order valence-corrected chi connectivity index (χ2v) is 4.44. The van der Waals surface area contributed by atoms with Crippen molar-refractivity contribution in [2.24, 2.45) is 0 Å². The fourth-order valence-corrected chi connectivity index (χ4v) is 1.37. The van der Waals surface area contributed by atoms with E-state index in [0.29, 0.717) is 0 Å². The fourth-order valence-electron chi connectivity index (χ4n) is 1.37. The summed E-state index contributed by atoms with van der Waals surface area (Å²) in [5.41, 5.74) is 4.25. The molecule has 0 fully saturated rings. The number of allylic oxidation sites excluding steroid dienone is 3. The molecule has 0 aliphatic rings. The molecule has 0 heteroatoms. The monoisotopic (exact) mass is 240 g/mol. The zero-order chi connectivity index (χ0) is 14.3. The molecule has 0 aliphatic carbocycles. The van der Waals surface area contributed by atoms with E-state index in [4.69, 9.17) is 0 Å². The highest BCUT2D eigenvalue weighted by atomic mass is 14.0. The normalized spacial score (nSPS) is 8.24. The summed E-state index contributed by atoms with van der Waals surface area (Å²) in [5.74, 6) is 0. The third-order valence-electron chi connectivity index (χ3n) is 2.36. The molecule has 0 N–H and O–H groups in total. The SMILES string of the molecule is C=C(C)CC(CC)=C(C)C.CC.CCCCC. The van der Waals surface area contributed by atoms with Crippen molar-refractivity contribution < 1.29 is 0 Å². The minimum absolute atomic E-state index is 1.08. The molecule has 0 radical (unpaired) electrons. The molecular formula is C17H36. The van der Waals surface area contributed by atoms with E-state index < -0.39 is 0 Å². The average Bonchev–Trinajstić information content (AvgIpc) is 2.30. The van der Waals surface area contributed by atoms with Gasteiger partial charge in [-0.05, 0) is 33.6 Å². The van der Waals surface area contributed by atoms with Crippen LogP contribution in [0.15, 0.2) is 23.3 Å². The first-order valence-electron chi connectivity index (χ1n) is 7.29. The Morgan fingerprint density at radius 2 is 1.29 bits per heavy atom. The first-order valence-corrected chi connectivity index (χ1v) is 7.29. The van der Waals surface area contributed by atoms with E-state index in [1.807, 2.05) is 13.8 Å². The van der Waals surface area contributed by atoms with Gasteiger partial charge in [0.05, 0.1) is 0 Å². The molecule has 17 heavy (non-hydrogen) atoms. The topological polar surface area (TPSA) is 0 Å². The summed E-state index contributed by atoms with van der Waals surface area (Å²) in [6.07, 6.45) is 6.32. The Balaban J connectivity index is -0.000000236. The lowest BCUT2D eigenvalue weighted by molar-refractivity contribution is 0.772. The summed E-state index contributed by atoms with van der Waals surface area (Å²) in [6, 6.07) is 0. The van der Waals surface area contributed by atoms with Crippen LogP contribution in [0.1, 0.15) is 87.5 Å². The van der Waals surface area contributed by atoms with Crippen molar-refractivity contribution in [1.29, 1.82) is 0 Å². The van der Waals surface area contributed by atoms with Gasteiger partial charge < -0.3 is 0 Å². The molecule has 0 unspecified atom stereocenters. The van der Waals surface area contributed by atoms with E-state index in [0.717, 1.165) is 12.8 Å². The van der Waals surface area contributed by atoms with E-state index >= 15 is 0 Å². The molecule has 0 aromatic heterocycles. The van der Waals surface area contributed by atoms with Gasteiger partial charge in [-0.3, -0.25) is 0 Å². The quantitative estimate of drug-likeness (QED) is 0.457. The smallest absolute Gasteiger partial charge is 0.0112 e. The highest BCUT2D eigenvalue weighted by molar-refractivity contribution is 5.15. The summed E-state index contributed by atoms with van der Waals surface area (Å²) < 4.78 is 0. The van der Waals surface area contributed by atoms with Gasteiger partial charge in [-0.15, -0.1) is 0 Å². The highest BCUT2D eigenvalue weighted by Gasteiger charge is 1.95. The molecule has 0 nitrogen and oxygen atoms in total. The van der Waals surface area contributed by atoms with E-state index in [1.54, 1.807) is 0 Å². The Bertz CT molecular complexity index is 178. The maximum atomic E-state index is 3.89. The van der Waals surface area contributed by atoms with Crippen molar-refractivity contribution in [2.75, 3.05) is 0 Å². The minimum atomic E-state index is 1.08. The number of unbranched alkanes of at least 4 members (excludes halogenated alkanes) is 2. The van der Waals surface area contributed by atoms with Crippen LogP contribution in [0.4, 0.5) is 0 Å². The van der Waals surface area contributed by atoms with Crippen molar-refractivity contribution in [3.63, 3.8) is 0 Å². The van der Waals surface area contributed by atoms with E-state index in [-0.39, 0.29) is 0 Å². The molecule has 0 atom stereocenters. The Morgan fingerprint density at radius 1 is 0.882 bits per heavy atom. The molecule has 0 spiro atoms. The van der Waals surface area contributed by atoms with E-state index in [1.165, 1.54) is 36.0 Å². The van der Waals surface area contributed by atoms with Gasteiger partial charge in [0.25, 0.3) is 0 Å². The molecule has 0 aromatic carbocycles. The van der Waals surface area contributed by atoms with Crippen LogP contribution in [-0.4, -0.2) is 0 Å². The lowest BCUT2D eigenvalue weighted by Crippen LogP contribution is -1.85. The first kappa shape index (κ1) is 21.7. The Hall–Kier alpha value is -0.520. The molecule has 0 aromatic rings. The summed E-state index contributed by atoms with van der Waals surface area (Å²) in [5, 5.41) is 0. The van der Waals surface area contributed by atoms with Crippen molar-refractivity contribution >= 4 is 0 Å². The summed E-state index contributed by atoms with van der Waals surface area (Å²) in [6.45, 7) is 20.9. The van der Waals surface area contributed by atoms with Gasteiger partial charge in [-0.2, -0.15) is 0 Å². The van der Waals surface area contributed by atoms with Crippen LogP contribution in [0, 0.1) is 0 Å². The van der Waals surface area contributed by atoms with Gasteiger partial charge in [0.1, 0.15) is 0 Å². The van der Waals surface area contributed by atoms with Crippen LogP contribution in [0.5, 0.6) is 0 Å². The molecule has 0 bridgehead atoms. The second-order valence-electron chi connectivity index (χ2n) is 4.44. The van der Waals surface area contributed by atoms with Gasteiger partial charge in [0.2, 0.25) is 0 Å². The predicted molar refractivity (Wildman–Crippen MR) is 84.6 cm³/mol. The van der Waals surface area contributed by atoms with Crippen LogP contribution in [0.3, 0.4) is 0 Å². The molecule has 0 saturated heterocycles. The van der Waals surface area contributed by atoms with Crippen LogP contribution in [-0.2, 0) is 0 Å². The Labute approximate surface area is 111 Å². The maximum absolute atomic E-state index is 3.89. The largest absolute Gasteiger partial charge is 0.0998 e. The van der Waals surface area contributed by atoms with Crippen LogP contribution in [0.2, 0.25) is 0 Å². The van der Waals surface area contributed by atoms with Gasteiger partial charge >= 0.3 is 0 Å². The average molecular weight is 240 g/mol. The lowest BCUT2D eigenvalue weighted by atomic mass is 10.0. The molecule has 0 amide bonds. The van der Waals surface area contributed by atoms with Crippen molar-refractivity contribution in [1.82, 2.24) is 0 Å². The zero-order valence-electron chi connectivity index (χ0n) is 13.7. The first-order chi connectivity index (χ1) is 7.99. The molecule has 0 heterocycles. The zero-order valence-corrected chi connectivity index (χ0v) is 13.7. The molecular weight excluding hydrogens is 204 g/mol. The number of rotatable bonds is 5. The number of hydrogen-bond donors (Lipinski definition) is 0. The molecule has 0 rings (SSSR count). The Morgan fingerprint density at radius 3 is 1.35 bits per heavy atom. The second kappa shape index (κ2) is 17.9. The van der Waals surface area contributed by atoms with Gasteiger partial charge in [-0.25, -0.2) is 0 Å². The van der Waals surface area contributed by atoms with Crippen molar-refractivity contribution in [3.05, 3.63) is 23.3 Å². The maximum Gasteiger partial charge on any atom is -0.0112 e. The third-order valence-corrected chi connectivity index (χ3v) is 2.36. The predicted octanol–water partition coefficient (Wildman–Crippen LogP) is 6.92. The molecule has 104 valence electrons. The van der Waals surface area contributed by atoms with Crippen LogP contribution < -0.4 is 0 Å².